The van der Waals surface area contributed by atoms with E-state index in [1.54, 1.807) is 6.07 Å². The second-order valence-corrected chi connectivity index (χ2v) is 5.01. The zero-order chi connectivity index (χ0) is 14.5. The van der Waals surface area contributed by atoms with Crippen molar-refractivity contribution in [1.29, 1.82) is 0 Å². The van der Waals surface area contributed by atoms with Crippen LogP contribution >= 0.6 is 0 Å². The molecule has 0 radical (unpaired) electrons. The van der Waals surface area contributed by atoms with Gasteiger partial charge < -0.3 is 10.5 Å². The highest BCUT2D eigenvalue weighted by Crippen LogP contribution is 2.22. The summed E-state index contributed by atoms with van der Waals surface area (Å²) < 4.78 is 18.9. The highest BCUT2D eigenvalue weighted by molar-refractivity contribution is 5.37. The van der Waals surface area contributed by atoms with Crippen molar-refractivity contribution in [3.63, 3.8) is 0 Å². The summed E-state index contributed by atoms with van der Waals surface area (Å²) >= 11 is 0. The highest BCUT2D eigenvalue weighted by Gasteiger charge is 2.06. The minimum atomic E-state index is -0.217. The Morgan fingerprint density at radius 3 is 2.55 bits per heavy atom. The maximum Gasteiger partial charge on any atom is 0.123 e. The van der Waals surface area contributed by atoms with Crippen molar-refractivity contribution in [1.82, 2.24) is 0 Å². The first-order valence-corrected chi connectivity index (χ1v) is 6.77. The highest BCUT2D eigenvalue weighted by atomic mass is 19.1. The van der Waals surface area contributed by atoms with E-state index in [0.717, 1.165) is 28.9 Å². The second-order valence-electron chi connectivity index (χ2n) is 5.01. The molecule has 0 unspecified atom stereocenters. The van der Waals surface area contributed by atoms with Crippen LogP contribution in [0.4, 0.5) is 4.39 Å². The van der Waals surface area contributed by atoms with Crippen LogP contribution in [-0.2, 0) is 13.0 Å². The van der Waals surface area contributed by atoms with Crippen molar-refractivity contribution in [3.8, 4) is 5.75 Å². The number of hydrogen-bond donors (Lipinski definition) is 1. The third-order valence-corrected chi connectivity index (χ3v) is 3.32. The molecule has 106 valence electrons. The number of rotatable bonds is 5. The molecule has 0 amide bonds. The van der Waals surface area contributed by atoms with Crippen molar-refractivity contribution in [2.75, 3.05) is 6.54 Å². The first-order chi connectivity index (χ1) is 9.60. The number of benzene rings is 2. The molecule has 2 N–H and O–H groups in total. The third-order valence-electron chi connectivity index (χ3n) is 3.32. The lowest BCUT2D eigenvalue weighted by atomic mass is 10.1. The fourth-order valence-corrected chi connectivity index (χ4v) is 2.18. The standard InChI is InChI=1S/C17H20FNO/c1-12-3-6-17(14(9-12)7-8-19)20-11-15-4-5-16(18)10-13(15)2/h3-6,9-10H,7-8,11,19H2,1-2H3. The molecular weight excluding hydrogens is 253 g/mol. The number of halogens is 1. The van der Waals surface area contributed by atoms with Crippen LogP contribution in [0.15, 0.2) is 36.4 Å². The summed E-state index contributed by atoms with van der Waals surface area (Å²) in [6, 6.07) is 10.8. The first kappa shape index (κ1) is 14.5. The topological polar surface area (TPSA) is 35.2 Å². The van der Waals surface area contributed by atoms with E-state index < -0.39 is 0 Å². The lowest BCUT2D eigenvalue weighted by Gasteiger charge is -2.13. The largest absolute Gasteiger partial charge is 0.489 e. The Hall–Kier alpha value is -1.87. The van der Waals surface area contributed by atoms with Crippen molar-refractivity contribution in [2.24, 2.45) is 5.73 Å². The van der Waals surface area contributed by atoms with Crippen LogP contribution in [-0.4, -0.2) is 6.54 Å². The van der Waals surface area contributed by atoms with Gasteiger partial charge in [0.05, 0.1) is 0 Å². The molecule has 0 saturated carbocycles. The van der Waals surface area contributed by atoms with E-state index in [4.69, 9.17) is 10.5 Å². The van der Waals surface area contributed by atoms with Gasteiger partial charge in [-0.3, -0.25) is 0 Å². The normalized spacial score (nSPS) is 10.6. The predicted molar refractivity (Wildman–Crippen MR) is 79.4 cm³/mol. The van der Waals surface area contributed by atoms with Gasteiger partial charge in [-0.2, -0.15) is 0 Å². The zero-order valence-corrected chi connectivity index (χ0v) is 11.9. The van der Waals surface area contributed by atoms with Crippen LogP contribution in [0.25, 0.3) is 0 Å². The van der Waals surface area contributed by atoms with Crippen LogP contribution in [0.1, 0.15) is 22.3 Å². The molecule has 2 rings (SSSR count). The zero-order valence-electron chi connectivity index (χ0n) is 11.9. The van der Waals surface area contributed by atoms with Crippen molar-refractivity contribution < 1.29 is 9.13 Å². The summed E-state index contributed by atoms with van der Waals surface area (Å²) in [6.07, 6.45) is 0.791. The summed E-state index contributed by atoms with van der Waals surface area (Å²) in [7, 11) is 0. The Morgan fingerprint density at radius 2 is 1.85 bits per heavy atom. The molecule has 0 spiro atoms. The SMILES string of the molecule is Cc1ccc(OCc2ccc(F)cc2C)c(CCN)c1. The number of hydrogen-bond acceptors (Lipinski definition) is 2. The first-order valence-electron chi connectivity index (χ1n) is 6.77. The van der Waals surface area contributed by atoms with Gasteiger partial charge in [-0.25, -0.2) is 4.39 Å². The minimum Gasteiger partial charge on any atom is -0.489 e. The molecule has 20 heavy (non-hydrogen) atoms. The quantitative estimate of drug-likeness (QED) is 0.904. The third kappa shape index (κ3) is 3.58. The summed E-state index contributed by atoms with van der Waals surface area (Å²) in [4.78, 5) is 0. The fourth-order valence-electron chi connectivity index (χ4n) is 2.18. The van der Waals surface area contributed by atoms with Gasteiger partial charge in [0.2, 0.25) is 0 Å². The molecule has 0 aromatic heterocycles. The van der Waals surface area contributed by atoms with E-state index in [2.05, 4.69) is 6.07 Å². The number of aryl methyl sites for hydroxylation is 2. The lowest BCUT2D eigenvalue weighted by molar-refractivity contribution is 0.302. The van der Waals surface area contributed by atoms with Gasteiger partial charge in [-0.05, 0) is 61.7 Å². The summed E-state index contributed by atoms with van der Waals surface area (Å²) in [5.41, 5.74) is 9.83. The van der Waals surface area contributed by atoms with E-state index in [1.165, 1.54) is 17.7 Å². The molecule has 0 heterocycles. The van der Waals surface area contributed by atoms with E-state index in [-0.39, 0.29) is 5.82 Å². The molecule has 0 atom stereocenters. The summed E-state index contributed by atoms with van der Waals surface area (Å²) in [6.45, 7) is 4.97. The van der Waals surface area contributed by atoms with E-state index in [0.29, 0.717) is 13.2 Å². The molecule has 2 nitrogen and oxygen atoms in total. The maximum atomic E-state index is 13.1. The van der Waals surface area contributed by atoms with Crippen molar-refractivity contribution in [2.45, 2.75) is 26.9 Å². The summed E-state index contributed by atoms with van der Waals surface area (Å²) in [5.74, 6) is 0.634. The van der Waals surface area contributed by atoms with E-state index in [9.17, 15) is 4.39 Å². The molecule has 0 aliphatic carbocycles. The Morgan fingerprint density at radius 1 is 1.05 bits per heavy atom. The molecule has 0 aliphatic rings. The van der Waals surface area contributed by atoms with Crippen LogP contribution in [0, 0.1) is 19.7 Å². The van der Waals surface area contributed by atoms with Crippen LogP contribution < -0.4 is 10.5 Å². The smallest absolute Gasteiger partial charge is 0.123 e. The Bertz CT molecular complexity index is 596. The Labute approximate surface area is 119 Å². The van der Waals surface area contributed by atoms with Crippen LogP contribution in [0.2, 0.25) is 0 Å². The van der Waals surface area contributed by atoms with Gasteiger partial charge >= 0.3 is 0 Å². The average molecular weight is 273 g/mol. The van der Waals surface area contributed by atoms with E-state index >= 15 is 0 Å². The van der Waals surface area contributed by atoms with Gasteiger partial charge in [0.15, 0.2) is 0 Å². The molecule has 3 heteroatoms. The molecule has 2 aromatic carbocycles. The summed E-state index contributed by atoms with van der Waals surface area (Å²) in [5, 5.41) is 0. The van der Waals surface area contributed by atoms with E-state index in [1.807, 2.05) is 26.0 Å². The second kappa shape index (κ2) is 6.53. The molecule has 0 saturated heterocycles. The van der Waals surface area contributed by atoms with Crippen molar-refractivity contribution >= 4 is 0 Å². The van der Waals surface area contributed by atoms with Gasteiger partial charge in [-0.1, -0.05) is 23.8 Å². The van der Waals surface area contributed by atoms with Gasteiger partial charge in [-0.15, -0.1) is 0 Å². The average Bonchev–Trinajstić information content (AvgIpc) is 2.40. The molecule has 0 aliphatic heterocycles. The van der Waals surface area contributed by atoms with Gasteiger partial charge in [0, 0.05) is 0 Å². The van der Waals surface area contributed by atoms with Gasteiger partial charge in [0.25, 0.3) is 0 Å². The van der Waals surface area contributed by atoms with Crippen LogP contribution in [0.3, 0.4) is 0 Å². The van der Waals surface area contributed by atoms with Gasteiger partial charge in [0.1, 0.15) is 18.2 Å². The molecular formula is C17H20FNO. The predicted octanol–water partition coefficient (Wildman–Crippen LogP) is 3.52. The minimum absolute atomic E-state index is 0.217. The molecule has 2 aromatic rings. The lowest BCUT2D eigenvalue weighted by Crippen LogP contribution is -2.06. The maximum absolute atomic E-state index is 13.1. The molecule has 0 fully saturated rings. The number of ether oxygens (including phenoxy) is 1. The Kier molecular flexibility index (Phi) is 4.74. The van der Waals surface area contributed by atoms with Crippen molar-refractivity contribution in [3.05, 3.63) is 64.5 Å². The molecule has 0 bridgehead atoms. The monoisotopic (exact) mass is 273 g/mol. The Balaban J connectivity index is 2.14. The fraction of sp³-hybridized carbons (Fsp3) is 0.294. The number of nitrogens with two attached hydrogens (primary N) is 1. The van der Waals surface area contributed by atoms with Crippen LogP contribution in [0.5, 0.6) is 5.75 Å².